The maximum atomic E-state index is 11.4. The normalized spacial score (nSPS) is 25.9. The van der Waals surface area contributed by atoms with Gasteiger partial charge in [-0.15, -0.1) is 0 Å². The molecule has 1 aliphatic rings. The molecule has 3 heteroatoms. The number of allylic oxidation sites excluding steroid dienone is 1. The van der Waals surface area contributed by atoms with Crippen LogP contribution in [0.3, 0.4) is 0 Å². The van der Waals surface area contributed by atoms with Gasteiger partial charge >= 0.3 is 5.97 Å². The van der Waals surface area contributed by atoms with Crippen LogP contribution < -0.4 is 0 Å². The van der Waals surface area contributed by atoms with Gasteiger partial charge in [0, 0.05) is 0 Å². The predicted octanol–water partition coefficient (Wildman–Crippen LogP) is 1.66. The summed E-state index contributed by atoms with van der Waals surface area (Å²) in [6, 6.07) is 0. The molecule has 0 aromatic heterocycles. The number of rotatable bonds is 3. The summed E-state index contributed by atoms with van der Waals surface area (Å²) in [7, 11) is 0. The predicted molar refractivity (Wildman–Crippen MR) is 53.7 cm³/mol. The van der Waals surface area contributed by atoms with Crippen molar-refractivity contribution >= 4 is 5.97 Å². The molecule has 0 amide bonds. The highest BCUT2D eigenvalue weighted by atomic mass is 16.5. The minimum atomic E-state index is -0.491. The third-order valence-electron chi connectivity index (χ3n) is 2.50. The van der Waals surface area contributed by atoms with Crippen molar-refractivity contribution in [2.75, 3.05) is 6.61 Å². The van der Waals surface area contributed by atoms with Crippen LogP contribution >= 0.6 is 0 Å². The molecule has 1 fully saturated rings. The molecule has 80 valence electrons. The Morgan fingerprint density at radius 2 is 2.21 bits per heavy atom. The van der Waals surface area contributed by atoms with Crippen molar-refractivity contribution in [2.45, 2.75) is 39.2 Å². The van der Waals surface area contributed by atoms with Crippen LogP contribution in [0.5, 0.6) is 0 Å². The van der Waals surface area contributed by atoms with Crippen LogP contribution in [0.4, 0.5) is 0 Å². The van der Waals surface area contributed by atoms with E-state index in [1.165, 1.54) is 0 Å². The number of esters is 1. The zero-order valence-electron chi connectivity index (χ0n) is 8.82. The molecule has 0 aromatic rings. The van der Waals surface area contributed by atoms with Gasteiger partial charge in [0.1, 0.15) is 6.61 Å². The van der Waals surface area contributed by atoms with Crippen molar-refractivity contribution in [3.05, 3.63) is 11.6 Å². The van der Waals surface area contributed by atoms with Crippen LogP contribution in [0.25, 0.3) is 0 Å². The van der Waals surface area contributed by atoms with E-state index in [2.05, 4.69) is 0 Å². The Kier molecular flexibility index (Phi) is 4.14. The highest BCUT2D eigenvalue weighted by Crippen LogP contribution is 2.26. The van der Waals surface area contributed by atoms with Crippen molar-refractivity contribution in [1.82, 2.24) is 0 Å². The molecule has 3 nitrogen and oxygen atoms in total. The van der Waals surface area contributed by atoms with Crippen LogP contribution in [-0.4, -0.2) is 23.8 Å². The topological polar surface area (TPSA) is 46.5 Å². The Morgan fingerprint density at radius 1 is 1.50 bits per heavy atom. The van der Waals surface area contributed by atoms with Gasteiger partial charge in [0.05, 0.1) is 12.0 Å². The molecular formula is C11H18O3. The van der Waals surface area contributed by atoms with Gasteiger partial charge in [-0.1, -0.05) is 5.57 Å². The molecule has 0 unspecified atom stereocenters. The number of hydrogen-bond donors (Lipinski definition) is 1. The number of carbonyl (C=O) groups excluding carboxylic acids is 1. The van der Waals surface area contributed by atoms with Gasteiger partial charge in [-0.25, -0.2) is 0 Å². The Morgan fingerprint density at radius 3 is 2.71 bits per heavy atom. The second kappa shape index (κ2) is 5.15. The molecule has 0 radical (unpaired) electrons. The van der Waals surface area contributed by atoms with E-state index in [0.29, 0.717) is 6.61 Å². The van der Waals surface area contributed by atoms with Gasteiger partial charge in [-0.2, -0.15) is 0 Å². The van der Waals surface area contributed by atoms with E-state index in [-0.39, 0.29) is 11.9 Å². The number of carbonyl (C=O) groups is 1. The zero-order chi connectivity index (χ0) is 10.6. The molecular weight excluding hydrogens is 180 g/mol. The van der Waals surface area contributed by atoms with Crippen LogP contribution in [0.2, 0.25) is 0 Å². The lowest BCUT2D eigenvalue weighted by Crippen LogP contribution is -2.24. The average Bonchev–Trinajstić information content (AvgIpc) is 2.50. The van der Waals surface area contributed by atoms with Crippen molar-refractivity contribution in [1.29, 1.82) is 0 Å². The monoisotopic (exact) mass is 198 g/mol. The van der Waals surface area contributed by atoms with E-state index >= 15 is 0 Å². The quantitative estimate of drug-likeness (QED) is 0.554. The fourth-order valence-electron chi connectivity index (χ4n) is 1.61. The van der Waals surface area contributed by atoms with E-state index in [4.69, 9.17) is 4.74 Å². The second-order valence-electron chi connectivity index (χ2n) is 4.02. The molecule has 1 rings (SSSR count). The van der Waals surface area contributed by atoms with Crippen LogP contribution in [0, 0.1) is 5.92 Å². The standard InChI is InChI=1S/C11H18O3/c1-8(2)6-7-14-11(13)9-4-3-5-10(9)12/h6,9-10,12H,3-5,7H2,1-2H3/t9-,10+/m1/s1. The van der Waals surface area contributed by atoms with Crippen molar-refractivity contribution < 1.29 is 14.6 Å². The summed E-state index contributed by atoms with van der Waals surface area (Å²) in [5.74, 6) is -0.548. The van der Waals surface area contributed by atoms with E-state index in [0.717, 1.165) is 24.8 Å². The molecule has 0 aromatic carbocycles. The van der Waals surface area contributed by atoms with Crippen LogP contribution in [-0.2, 0) is 9.53 Å². The van der Waals surface area contributed by atoms with Gasteiger partial charge in [0.25, 0.3) is 0 Å². The Balaban J connectivity index is 2.31. The van der Waals surface area contributed by atoms with Crippen molar-refractivity contribution in [2.24, 2.45) is 5.92 Å². The summed E-state index contributed by atoms with van der Waals surface area (Å²) < 4.78 is 5.03. The smallest absolute Gasteiger partial charge is 0.311 e. The molecule has 0 aliphatic heterocycles. The summed E-state index contributed by atoms with van der Waals surface area (Å²) in [5, 5.41) is 9.45. The maximum Gasteiger partial charge on any atom is 0.311 e. The first-order valence-corrected chi connectivity index (χ1v) is 5.09. The molecule has 2 atom stereocenters. The van der Waals surface area contributed by atoms with Gasteiger partial charge in [-0.3, -0.25) is 4.79 Å². The highest BCUT2D eigenvalue weighted by Gasteiger charge is 2.32. The molecule has 1 N–H and O–H groups in total. The largest absolute Gasteiger partial charge is 0.461 e. The molecule has 14 heavy (non-hydrogen) atoms. The van der Waals surface area contributed by atoms with E-state index in [9.17, 15) is 9.90 Å². The van der Waals surface area contributed by atoms with Gasteiger partial charge in [0.2, 0.25) is 0 Å². The molecule has 1 saturated carbocycles. The lowest BCUT2D eigenvalue weighted by molar-refractivity contribution is -0.150. The first-order valence-electron chi connectivity index (χ1n) is 5.09. The SMILES string of the molecule is CC(C)=CCOC(=O)[C@@H]1CCC[C@@H]1O. The van der Waals surface area contributed by atoms with Gasteiger partial charge in [-0.05, 0) is 39.2 Å². The number of hydrogen-bond acceptors (Lipinski definition) is 3. The fraction of sp³-hybridized carbons (Fsp3) is 0.727. The van der Waals surface area contributed by atoms with E-state index in [1.54, 1.807) is 0 Å². The maximum absolute atomic E-state index is 11.4. The van der Waals surface area contributed by atoms with Crippen molar-refractivity contribution in [3.8, 4) is 0 Å². The lowest BCUT2D eigenvalue weighted by atomic mass is 10.1. The van der Waals surface area contributed by atoms with Crippen LogP contribution in [0.15, 0.2) is 11.6 Å². The Bertz CT molecular complexity index is 229. The first-order chi connectivity index (χ1) is 6.61. The molecule has 0 spiro atoms. The molecule has 1 aliphatic carbocycles. The molecule has 0 saturated heterocycles. The minimum absolute atomic E-state index is 0.257. The number of aliphatic hydroxyl groups excluding tert-OH is 1. The van der Waals surface area contributed by atoms with Gasteiger partial charge in [0.15, 0.2) is 0 Å². The van der Waals surface area contributed by atoms with Crippen molar-refractivity contribution in [3.63, 3.8) is 0 Å². The number of ether oxygens (including phenoxy) is 1. The third-order valence-corrected chi connectivity index (χ3v) is 2.50. The number of aliphatic hydroxyl groups is 1. The summed E-state index contributed by atoms with van der Waals surface area (Å²) in [5.41, 5.74) is 1.13. The highest BCUT2D eigenvalue weighted by molar-refractivity contribution is 5.73. The summed E-state index contributed by atoms with van der Waals surface area (Å²) in [6.07, 6.45) is 3.77. The minimum Gasteiger partial charge on any atom is -0.461 e. The first kappa shape index (κ1) is 11.2. The average molecular weight is 198 g/mol. The third kappa shape index (κ3) is 3.14. The van der Waals surface area contributed by atoms with E-state index < -0.39 is 6.10 Å². The molecule has 0 bridgehead atoms. The van der Waals surface area contributed by atoms with E-state index in [1.807, 2.05) is 19.9 Å². The lowest BCUT2D eigenvalue weighted by Gasteiger charge is -2.12. The summed E-state index contributed by atoms with van der Waals surface area (Å²) in [4.78, 5) is 11.4. The second-order valence-corrected chi connectivity index (χ2v) is 4.02. The van der Waals surface area contributed by atoms with Crippen LogP contribution in [0.1, 0.15) is 33.1 Å². The zero-order valence-corrected chi connectivity index (χ0v) is 8.82. The Hall–Kier alpha value is -0.830. The van der Waals surface area contributed by atoms with Gasteiger partial charge < -0.3 is 9.84 Å². The molecule has 0 heterocycles. The Labute approximate surface area is 84.8 Å². The fourth-order valence-corrected chi connectivity index (χ4v) is 1.61. The summed E-state index contributed by atoms with van der Waals surface area (Å²) in [6.45, 7) is 4.24. The summed E-state index contributed by atoms with van der Waals surface area (Å²) >= 11 is 0.